The molecule has 7 nitrogen and oxygen atoms in total. The molecule has 0 atom stereocenters. The predicted molar refractivity (Wildman–Crippen MR) is 136 cm³/mol. The Hall–Kier alpha value is -3.62. The fraction of sp³-hybridized carbons (Fsp3) is 0.259. The third kappa shape index (κ3) is 4.19. The van der Waals surface area contributed by atoms with Crippen molar-refractivity contribution in [1.82, 2.24) is 24.7 Å². The number of carbonyl (C=O) groups is 2. The molecular weight excluding hydrogens is 458 g/mol. The Bertz CT molecular complexity index is 1350. The van der Waals surface area contributed by atoms with Crippen molar-refractivity contribution in [2.45, 2.75) is 6.04 Å². The van der Waals surface area contributed by atoms with Gasteiger partial charge in [-0.05, 0) is 35.4 Å². The average Bonchev–Trinajstić information content (AvgIpc) is 3.43. The minimum Gasteiger partial charge on any atom is -0.335 e. The molecular formula is C27H25N5O2S. The van der Waals surface area contributed by atoms with Crippen LogP contribution < -0.4 is 0 Å². The normalized spacial score (nSPS) is 16.9. The smallest absolute Gasteiger partial charge is 0.282 e. The molecule has 4 heterocycles. The molecule has 4 aromatic rings. The highest BCUT2D eigenvalue weighted by atomic mass is 32.1. The third-order valence-corrected chi connectivity index (χ3v) is 7.73. The summed E-state index contributed by atoms with van der Waals surface area (Å²) in [6, 6.07) is 18.4. The molecule has 2 aliphatic rings. The van der Waals surface area contributed by atoms with Crippen molar-refractivity contribution in [2.24, 2.45) is 0 Å². The van der Waals surface area contributed by atoms with Crippen LogP contribution in [-0.2, 0) is 0 Å². The maximum Gasteiger partial charge on any atom is 0.282 e. The summed E-state index contributed by atoms with van der Waals surface area (Å²) < 4.78 is 0. The van der Waals surface area contributed by atoms with Crippen LogP contribution >= 0.6 is 11.3 Å². The van der Waals surface area contributed by atoms with Gasteiger partial charge in [-0.1, -0.05) is 30.3 Å². The van der Waals surface area contributed by atoms with Crippen LogP contribution in [0.4, 0.5) is 0 Å². The quantitative estimate of drug-likeness (QED) is 0.443. The van der Waals surface area contributed by atoms with E-state index in [2.05, 4.69) is 27.0 Å². The lowest BCUT2D eigenvalue weighted by molar-refractivity contribution is 0.00853. The van der Waals surface area contributed by atoms with E-state index >= 15 is 0 Å². The zero-order valence-electron chi connectivity index (χ0n) is 19.2. The summed E-state index contributed by atoms with van der Waals surface area (Å²) in [5.74, 6) is 0.0956. The van der Waals surface area contributed by atoms with Gasteiger partial charge in [0, 0.05) is 74.0 Å². The van der Waals surface area contributed by atoms with E-state index in [1.54, 1.807) is 12.4 Å². The molecule has 0 spiro atoms. The maximum absolute atomic E-state index is 13.0. The second-order valence-electron chi connectivity index (χ2n) is 8.98. The van der Waals surface area contributed by atoms with Crippen molar-refractivity contribution >= 4 is 34.1 Å². The number of hydrogen-bond donors (Lipinski definition) is 0. The van der Waals surface area contributed by atoms with Crippen LogP contribution in [0.2, 0.25) is 0 Å². The molecule has 2 aromatic carbocycles. The molecule has 8 heteroatoms. The lowest BCUT2D eigenvalue weighted by Gasteiger charge is -2.48. The van der Waals surface area contributed by atoms with Crippen LogP contribution in [0.5, 0.6) is 0 Å². The van der Waals surface area contributed by atoms with Gasteiger partial charge in [-0.15, -0.1) is 11.3 Å². The van der Waals surface area contributed by atoms with Crippen molar-refractivity contribution in [3.8, 4) is 11.1 Å². The number of thiazole rings is 1. The number of likely N-dealkylation sites (tertiary alicyclic amines) is 1. The molecule has 2 amide bonds. The Labute approximate surface area is 207 Å². The summed E-state index contributed by atoms with van der Waals surface area (Å²) in [5.41, 5.74) is 3.87. The molecule has 6 rings (SSSR count). The molecule has 0 bridgehead atoms. The van der Waals surface area contributed by atoms with Crippen LogP contribution in [-0.4, -0.2) is 81.8 Å². The van der Waals surface area contributed by atoms with E-state index in [0.717, 1.165) is 48.2 Å². The van der Waals surface area contributed by atoms with E-state index in [4.69, 9.17) is 0 Å². The second-order valence-corrected chi connectivity index (χ2v) is 9.88. The Morgan fingerprint density at radius 2 is 1.60 bits per heavy atom. The summed E-state index contributed by atoms with van der Waals surface area (Å²) in [6.07, 6.45) is 3.47. The van der Waals surface area contributed by atoms with Crippen molar-refractivity contribution in [1.29, 1.82) is 0 Å². The van der Waals surface area contributed by atoms with E-state index in [1.165, 1.54) is 11.3 Å². The monoisotopic (exact) mass is 483 g/mol. The van der Waals surface area contributed by atoms with Gasteiger partial charge in [-0.25, -0.2) is 4.98 Å². The second kappa shape index (κ2) is 9.20. The number of piperazine rings is 1. The zero-order valence-corrected chi connectivity index (χ0v) is 20.0. The Kier molecular flexibility index (Phi) is 5.75. The molecule has 176 valence electrons. The van der Waals surface area contributed by atoms with Gasteiger partial charge in [0.15, 0.2) is 5.01 Å². The van der Waals surface area contributed by atoms with Crippen LogP contribution in [0.15, 0.2) is 72.4 Å². The molecule has 2 saturated heterocycles. The fourth-order valence-corrected chi connectivity index (χ4v) is 5.54. The molecule has 0 radical (unpaired) electrons. The Balaban J connectivity index is 1.05. The van der Waals surface area contributed by atoms with Crippen molar-refractivity contribution in [3.63, 3.8) is 0 Å². The van der Waals surface area contributed by atoms with E-state index in [1.807, 2.05) is 57.6 Å². The lowest BCUT2D eigenvalue weighted by atomic mass is 9.98. The summed E-state index contributed by atoms with van der Waals surface area (Å²) >= 11 is 1.39. The standard InChI is InChI=1S/C27H25N5O2S/c33-26(20-8-6-19(7-9-20)22-3-1-5-24-23(22)4-2-10-28-24)32-17-21(18-32)30-12-14-31(15-13-30)27(34)25-29-11-16-35-25/h1-11,16,21H,12-15,17-18H2. The number of fused-ring (bicyclic) bond motifs is 1. The van der Waals surface area contributed by atoms with Crippen LogP contribution in [0.25, 0.3) is 22.0 Å². The number of carbonyl (C=O) groups excluding carboxylic acids is 2. The Morgan fingerprint density at radius 3 is 2.34 bits per heavy atom. The van der Waals surface area contributed by atoms with E-state index in [9.17, 15) is 9.59 Å². The first kappa shape index (κ1) is 21.9. The van der Waals surface area contributed by atoms with E-state index in [0.29, 0.717) is 29.7 Å². The average molecular weight is 484 g/mol. The first-order chi connectivity index (χ1) is 17.2. The highest BCUT2D eigenvalue weighted by Gasteiger charge is 2.37. The van der Waals surface area contributed by atoms with Crippen molar-refractivity contribution in [2.75, 3.05) is 39.3 Å². The first-order valence-electron chi connectivity index (χ1n) is 11.8. The van der Waals surface area contributed by atoms with Gasteiger partial charge in [0.1, 0.15) is 0 Å². The summed E-state index contributed by atoms with van der Waals surface area (Å²) in [6.45, 7) is 4.53. The van der Waals surface area contributed by atoms with Crippen molar-refractivity contribution in [3.05, 3.63) is 82.9 Å². The highest BCUT2D eigenvalue weighted by molar-refractivity contribution is 7.11. The van der Waals surface area contributed by atoms with Crippen LogP contribution in [0, 0.1) is 0 Å². The molecule has 0 N–H and O–H groups in total. The minimum absolute atomic E-state index is 0.0215. The highest BCUT2D eigenvalue weighted by Crippen LogP contribution is 2.28. The fourth-order valence-electron chi connectivity index (χ4n) is 4.94. The number of aromatic nitrogens is 2. The van der Waals surface area contributed by atoms with Crippen LogP contribution in [0.3, 0.4) is 0 Å². The number of hydrogen-bond acceptors (Lipinski definition) is 6. The SMILES string of the molecule is O=C(c1ccc(-c2cccc3ncccc23)cc1)N1CC(N2CCN(C(=O)c3nccs3)CC2)C1. The van der Waals surface area contributed by atoms with Gasteiger partial charge in [-0.2, -0.15) is 0 Å². The summed E-state index contributed by atoms with van der Waals surface area (Å²) in [5, 5.41) is 3.49. The number of amides is 2. The third-order valence-electron chi connectivity index (χ3n) is 6.97. The van der Waals surface area contributed by atoms with Crippen LogP contribution in [0.1, 0.15) is 20.2 Å². The molecule has 0 aliphatic carbocycles. The zero-order chi connectivity index (χ0) is 23.8. The van der Waals surface area contributed by atoms with E-state index in [-0.39, 0.29) is 11.8 Å². The van der Waals surface area contributed by atoms with Gasteiger partial charge >= 0.3 is 0 Å². The van der Waals surface area contributed by atoms with Gasteiger partial charge < -0.3 is 9.80 Å². The molecule has 2 aromatic heterocycles. The molecule has 2 aliphatic heterocycles. The van der Waals surface area contributed by atoms with Gasteiger partial charge in [0.2, 0.25) is 0 Å². The van der Waals surface area contributed by atoms with Gasteiger partial charge in [0.25, 0.3) is 11.8 Å². The first-order valence-corrected chi connectivity index (χ1v) is 12.7. The number of rotatable bonds is 4. The van der Waals surface area contributed by atoms with E-state index < -0.39 is 0 Å². The number of nitrogens with zero attached hydrogens (tertiary/aromatic N) is 5. The molecule has 0 saturated carbocycles. The van der Waals surface area contributed by atoms with Crippen molar-refractivity contribution < 1.29 is 9.59 Å². The topological polar surface area (TPSA) is 69.6 Å². The largest absolute Gasteiger partial charge is 0.335 e. The Morgan fingerprint density at radius 1 is 0.800 bits per heavy atom. The lowest BCUT2D eigenvalue weighted by Crippen LogP contribution is -2.64. The summed E-state index contributed by atoms with van der Waals surface area (Å²) in [4.78, 5) is 40.3. The number of pyridine rings is 1. The van der Waals surface area contributed by atoms with Gasteiger partial charge in [-0.3, -0.25) is 19.5 Å². The number of benzene rings is 2. The molecule has 2 fully saturated rings. The molecule has 35 heavy (non-hydrogen) atoms. The maximum atomic E-state index is 13.0. The predicted octanol–water partition coefficient (Wildman–Crippen LogP) is 3.64. The summed E-state index contributed by atoms with van der Waals surface area (Å²) in [7, 11) is 0. The minimum atomic E-state index is 0.0215. The molecule has 0 unspecified atom stereocenters. The van der Waals surface area contributed by atoms with Gasteiger partial charge in [0.05, 0.1) is 5.52 Å².